The zero-order chi connectivity index (χ0) is 13.4. The number of benzene rings is 1. The number of rotatable bonds is 1. The molecule has 0 aromatic heterocycles. The number of esters is 1. The molecule has 4 nitrogen and oxygen atoms in total. The Balaban J connectivity index is 2.53. The van der Waals surface area contributed by atoms with Gasteiger partial charge in [0.2, 0.25) is 0 Å². The quantitative estimate of drug-likeness (QED) is 0.637. The first kappa shape index (κ1) is 13.2. The van der Waals surface area contributed by atoms with E-state index in [0.29, 0.717) is 11.1 Å². The van der Waals surface area contributed by atoms with Gasteiger partial charge in [0.15, 0.2) is 5.78 Å². The monoisotopic (exact) mass is 312 g/mol. The van der Waals surface area contributed by atoms with Gasteiger partial charge in [0.05, 0.1) is 13.2 Å². The maximum absolute atomic E-state index is 12.3. The minimum Gasteiger partial charge on any atom is -0.468 e. The van der Waals surface area contributed by atoms with E-state index in [4.69, 9.17) is 0 Å². The molecular formula is C13H13BrO4. The van der Waals surface area contributed by atoms with E-state index in [-0.39, 0.29) is 5.78 Å². The number of halogens is 1. The van der Waals surface area contributed by atoms with E-state index in [2.05, 4.69) is 20.7 Å². The summed E-state index contributed by atoms with van der Waals surface area (Å²) in [5, 5.41) is 10.2. The third kappa shape index (κ3) is 1.97. The summed E-state index contributed by atoms with van der Waals surface area (Å²) in [5.74, 6) is -2.31. The normalized spacial score (nSPS) is 26.7. The molecule has 1 aliphatic carbocycles. The first-order chi connectivity index (χ1) is 8.47. The molecule has 0 amide bonds. The standard InChI is InChI=1S/C13H13BrO4/c1-6-10(13(17)18-2)12(16)8-4-3-7(14)5-9(8)11(6)15/h3-6,10-11,15H,1-2H3. The summed E-state index contributed by atoms with van der Waals surface area (Å²) < 4.78 is 5.43. The van der Waals surface area contributed by atoms with Crippen molar-refractivity contribution in [3.05, 3.63) is 33.8 Å². The molecule has 0 fully saturated rings. The summed E-state index contributed by atoms with van der Waals surface area (Å²) >= 11 is 3.30. The van der Waals surface area contributed by atoms with Crippen LogP contribution in [0.4, 0.5) is 0 Å². The maximum Gasteiger partial charge on any atom is 0.316 e. The summed E-state index contributed by atoms with van der Waals surface area (Å²) in [6.45, 7) is 1.67. The molecule has 18 heavy (non-hydrogen) atoms. The molecule has 0 saturated heterocycles. The summed E-state index contributed by atoms with van der Waals surface area (Å²) in [4.78, 5) is 23.9. The van der Waals surface area contributed by atoms with Gasteiger partial charge in [0.1, 0.15) is 5.92 Å². The van der Waals surface area contributed by atoms with Crippen LogP contribution in [0.2, 0.25) is 0 Å². The number of hydrogen-bond donors (Lipinski definition) is 1. The van der Waals surface area contributed by atoms with Gasteiger partial charge in [-0.2, -0.15) is 0 Å². The number of Topliss-reactive ketones (excluding diaryl/α,β-unsaturated/α-hetero) is 1. The van der Waals surface area contributed by atoms with E-state index in [9.17, 15) is 14.7 Å². The highest BCUT2D eigenvalue weighted by Gasteiger charge is 2.43. The van der Waals surface area contributed by atoms with Crippen molar-refractivity contribution in [1.29, 1.82) is 0 Å². The second-order valence-corrected chi connectivity index (χ2v) is 5.32. The van der Waals surface area contributed by atoms with E-state index < -0.39 is 23.9 Å². The Hall–Kier alpha value is -1.20. The van der Waals surface area contributed by atoms with Crippen molar-refractivity contribution >= 4 is 27.7 Å². The van der Waals surface area contributed by atoms with Gasteiger partial charge in [0.25, 0.3) is 0 Å². The average Bonchev–Trinajstić information content (AvgIpc) is 2.35. The van der Waals surface area contributed by atoms with Crippen LogP contribution in [0.3, 0.4) is 0 Å². The first-order valence-corrected chi connectivity index (χ1v) is 6.36. The summed E-state index contributed by atoms with van der Waals surface area (Å²) in [6.07, 6.45) is -0.848. The fourth-order valence-corrected chi connectivity index (χ4v) is 2.70. The lowest BCUT2D eigenvalue weighted by molar-refractivity contribution is -0.146. The lowest BCUT2D eigenvalue weighted by Crippen LogP contribution is -2.39. The largest absolute Gasteiger partial charge is 0.468 e. The number of fused-ring (bicyclic) bond motifs is 1. The number of aliphatic hydroxyl groups excluding tert-OH is 1. The number of ketones is 1. The molecular weight excluding hydrogens is 300 g/mol. The van der Waals surface area contributed by atoms with Gasteiger partial charge in [-0.15, -0.1) is 0 Å². The Morgan fingerprint density at radius 3 is 2.72 bits per heavy atom. The van der Waals surface area contributed by atoms with Crippen molar-refractivity contribution in [3.63, 3.8) is 0 Å². The zero-order valence-corrected chi connectivity index (χ0v) is 11.6. The second-order valence-electron chi connectivity index (χ2n) is 4.40. The molecule has 0 heterocycles. The average molecular weight is 313 g/mol. The molecule has 1 N–H and O–H groups in total. The van der Waals surface area contributed by atoms with Crippen LogP contribution in [0, 0.1) is 11.8 Å². The van der Waals surface area contributed by atoms with Gasteiger partial charge in [0, 0.05) is 16.0 Å². The zero-order valence-electron chi connectivity index (χ0n) is 10.0. The molecule has 0 radical (unpaired) electrons. The van der Waals surface area contributed by atoms with Crippen LogP contribution >= 0.6 is 15.9 Å². The first-order valence-electron chi connectivity index (χ1n) is 5.57. The van der Waals surface area contributed by atoms with E-state index in [1.807, 2.05) is 0 Å². The number of hydrogen-bond acceptors (Lipinski definition) is 4. The Kier molecular flexibility index (Phi) is 3.54. The third-order valence-electron chi connectivity index (χ3n) is 3.36. The van der Waals surface area contributed by atoms with Gasteiger partial charge < -0.3 is 9.84 Å². The Morgan fingerprint density at radius 1 is 1.44 bits per heavy atom. The topological polar surface area (TPSA) is 63.6 Å². The van der Waals surface area contributed by atoms with E-state index in [0.717, 1.165) is 4.47 Å². The molecule has 1 aliphatic rings. The van der Waals surface area contributed by atoms with E-state index in [1.54, 1.807) is 25.1 Å². The summed E-state index contributed by atoms with van der Waals surface area (Å²) in [6, 6.07) is 5.04. The van der Waals surface area contributed by atoms with Crippen molar-refractivity contribution in [2.75, 3.05) is 7.11 Å². The molecule has 0 bridgehead atoms. The number of ether oxygens (including phenoxy) is 1. The molecule has 1 aromatic carbocycles. The van der Waals surface area contributed by atoms with Crippen molar-refractivity contribution in [2.45, 2.75) is 13.0 Å². The fourth-order valence-electron chi connectivity index (χ4n) is 2.32. The van der Waals surface area contributed by atoms with Gasteiger partial charge in [-0.25, -0.2) is 0 Å². The van der Waals surface area contributed by atoms with Crippen molar-refractivity contribution in [2.24, 2.45) is 11.8 Å². The van der Waals surface area contributed by atoms with Gasteiger partial charge >= 0.3 is 5.97 Å². The van der Waals surface area contributed by atoms with Crippen molar-refractivity contribution in [1.82, 2.24) is 0 Å². The van der Waals surface area contributed by atoms with Gasteiger partial charge in [-0.05, 0) is 23.8 Å². The predicted molar refractivity (Wildman–Crippen MR) is 68.1 cm³/mol. The molecule has 3 atom stereocenters. The second kappa shape index (κ2) is 4.82. The highest BCUT2D eigenvalue weighted by molar-refractivity contribution is 9.10. The van der Waals surface area contributed by atoms with Crippen LogP contribution in [0.5, 0.6) is 0 Å². The Labute approximate surface area is 113 Å². The Bertz CT molecular complexity index is 512. The molecule has 2 rings (SSSR count). The van der Waals surface area contributed by atoms with Gasteiger partial charge in [-0.1, -0.05) is 22.9 Å². The maximum atomic E-state index is 12.3. The Morgan fingerprint density at radius 2 is 2.11 bits per heavy atom. The summed E-state index contributed by atoms with van der Waals surface area (Å²) in [5.41, 5.74) is 0.946. The molecule has 1 aromatic rings. The van der Waals surface area contributed by atoms with Crippen LogP contribution < -0.4 is 0 Å². The minimum atomic E-state index is -0.932. The van der Waals surface area contributed by atoms with Crippen LogP contribution in [0.15, 0.2) is 22.7 Å². The third-order valence-corrected chi connectivity index (χ3v) is 3.85. The number of methoxy groups -OCH3 is 1. The lowest BCUT2D eigenvalue weighted by Gasteiger charge is -2.32. The lowest BCUT2D eigenvalue weighted by atomic mass is 9.74. The van der Waals surface area contributed by atoms with Crippen molar-refractivity contribution in [3.8, 4) is 0 Å². The van der Waals surface area contributed by atoms with Crippen LogP contribution in [-0.2, 0) is 9.53 Å². The fraction of sp³-hybridized carbons (Fsp3) is 0.385. The summed E-state index contributed by atoms with van der Waals surface area (Å²) in [7, 11) is 1.24. The van der Waals surface area contributed by atoms with Gasteiger partial charge in [-0.3, -0.25) is 9.59 Å². The molecule has 5 heteroatoms. The molecule has 0 aliphatic heterocycles. The molecule has 0 spiro atoms. The highest BCUT2D eigenvalue weighted by atomic mass is 79.9. The minimum absolute atomic E-state index is 0.290. The SMILES string of the molecule is COC(=O)C1C(=O)c2ccc(Br)cc2C(O)C1C. The highest BCUT2D eigenvalue weighted by Crippen LogP contribution is 2.39. The molecule has 96 valence electrons. The van der Waals surface area contributed by atoms with E-state index >= 15 is 0 Å². The van der Waals surface area contributed by atoms with Crippen LogP contribution in [0.1, 0.15) is 28.9 Å². The number of carbonyl (C=O) groups is 2. The van der Waals surface area contributed by atoms with E-state index in [1.165, 1.54) is 7.11 Å². The van der Waals surface area contributed by atoms with Crippen molar-refractivity contribution < 1.29 is 19.4 Å². The predicted octanol–water partition coefficient (Wildman–Crippen LogP) is 2.10. The molecule has 0 saturated carbocycles. The van der Waals surface area contributed by atoms with Crippen LogP contribution in [0.25, 0.3) is 0 Å². The number of carbonyl (C=O) groups excluding carboxylic acids is 2. The van der Waals surface area contributed by atoms with Crippen LogP contribution in [-0.4, -0.2) is 24.0 Å². The number of aliphatic hydroxyl groups is 1. The smallest absolute Gasteiger partial charge is 0.316 e. The molecule has 3 unspecified atom stereocenters.